The van der Waals surface area contributed by atoms with Gasteiger partial charge < -0.3 is 24.8 Å². The van der Waals surface area contributed by atoms with Gasteiger partial charge in [0.25, 0.3) is 5.91 Å². The fourth-order valence-corrected chi connectivity index (χ4v) is 3.92. The summed E-state index contributed by atoms with van der Waals surface area (Å²) in [6.07, 6.45) is -1.41. The van der Waals surface area contributed by atoms with Gasteiger partial charge in [0, 0.05) is 24.5 Å². The molecule has 2 aromatic rings. The fraction of sp³-hybridized carbons (Fsp3) is 0.350. The molecule has 1 saturated heterocycles. The SMILES string of the molecule is COC(=O)N(CC(CN)OC(=O)c1ccc(Cl)s1)c1ccc(N2CCOCC2=O)cc1. The number of morpholine rings is 1. The molecule has 1 aromatic carbocycles. The van der Waals surface area contributed by atoms with E-state index in [0.29, 0.717) is 33.7 Å². The van der Waals surface area contributed by atoms with Crippen LogP contribution in [0, 0.1) is 0 Å². The van der Waals surface area contributed by atoms with E-state index in [4.69, 9.17) is 31.5 Å². The number of thiophene rings is 1. The molecule has 1 atom stereocenters. The summed E-state index contributed by atoms with van der Waals surface area (Å²) in [5, 5.41) is 0. The summed E-state index contributed by atoms with van der Waals surface area (Å²) in [6.45, 7) is 0.940. The molecule has 9 nitrogen and oxygen atoms in total. The average molecular weight is 468 g/mol. The van der Waals surface area contributed by atoms with Gasteiger partial charge in [0.15, 0.2) is 0 Å². The van der Waals surface area contributed by atoms with Crippen molar-refractivity contribution in [3.63, 3.8) is 0 Å². The minimum absolute atomic E-state index is 0.00128. The van der Waals surface area contributed by atoms with Crippen molar-refractivity contribution in [3.8, 4) is 0 Å². The summed E-state index contributed by atoms with van der Waals surface area (Å²) in [5.41, 5.74) is 6.97. The predicted octanol–water partition coefficient (Wildman–Crippen LogP) is 2.52. The molecule has 0 bridgehead atoms. The Kier molecular flexibility index (Phi) is 7.85. The lowest BCUT2D eigenvalue weighted by molar-refractivity contribution is -0.125. The first-order valence-corrected chi connectivity index (χ1v) is 10.6. The van der Waals surface area contributed by atoms with Crippen LogP contribution in [0.4, 0.5) is 16.2 Å². The third-order valence-electron chi connectivity index (χ3n) is 4.55. The van der Waals surface area contributed by atoms with Crippen LogP contribution in [0.5, 0.6) is 0 Å². The van der Waals surface area contributed by atoms with Gasteiger partial charge >= 0.3 is 12.1 Å². The standard InChI is InChI=1S/C20H22ClN3O6S/c1-28-20(27)24(11-15(10-22)30-19(26)16-6-7-17(21)31-16)14-4-2-13(3-5-14)23-8-9-29-12-18(23)25/h2-7,15H,8-12,22H2,1H3. The van der Waals surface area contributed by atoms with Crippen molar-refractivity contribution < 1.29 is 28.6 Å². The van der Waals surface area contributed by atoms with Crippen LogP contribution in [0.25, 0.3) is 0 Å². The largest absolute Gasteiger partial charge is 0.455 e. The van der Waals surface area contributed by atoms with Crippen molar-refractivity contribution in [2.24, 2.45) is 5.73 Å². The van der Waals surface area contributed by atoms with Gasteiger partial charge in [-0.3, -0.25) is 9.69 Å². The molecule has 1 aliphatic rings. The number of carbonyl (C=O) groups excluding carboxylic acids is 3. The van der Waals surface area contributed by atoms with Crippen LogP contribution in [-0.2, 0) is 19.0 Å². The number of rotatable bonds is 7. The number of carbonyl (C=O) groups is 3. The molecular weight excluding hydrogens is 446 g/mol. The molecule has 2 heterocycles. The summed E-state index contributed by atoms with van der Waals surface area (Å²) in [4.78, 5) is 40.0. The van der Waals surface area contributed by atoms with Crippen LogP contribution in [0.1, 0.15) is 9.67 Å². The van der Waals surface area contributed by atoms with E-state index >= 15 is 0 Å². The molecule has 0 saturated carbocycles. The topological polar surface area (TPSA) is 111 Å². The Balaban J connectivity index is 1.73. The summed E-state index contributed by atoms with van der Waals surface area (Å²) in [7, 11) is 1.26. The lowest BCUT2D eigenvalue weighted by Gasteiger charge is -2.28. The van der Waals surface area contributed by atoms with Crippen LogP contribution in [0.3, 0.4) is 0 Å². The summed E-state index contributed by atoms with van der Waals surface area (Å²) in [6, 6.07) is 9.98. The number of benzene rings is 1. The van der Waals surface area contributed by atoms with Crippen molar-refractivity contribution in [2.45, 2.75) is 6.10 Å². The highest BCUT2D eigenvalue weighted by Crippen LogP contribution is 2.25. The maximum Gasteiger partial charge on any atom is 0.414 e. The van der Waals surface area contributed by atoms with Crippen molar-refractivity contribution >= 4 is 52.3 Å². The number of anilines is 2. The summed E-state index contributed by atoms with van der Waals surface area (Å²) in [5.74, 6) is -0.703. The van der Waals surface area contributed by atoms with Gasteiger partial charge in [-0.15, -0.1) is 11.3 Å². The van der Waals surface area contributed by atoms with E-state index in [0.717, 1.165) is 11.3 Å². The van der Waals surface area contributed by atoms with Crippen LogP contribution < -0.4 is 15.5 Å². The number of hydrogen-bond donors (Lipinski definition) is 1. The second kappa shape index (κ2) is 10.6. The molecule has 1 unspecified atom stereocenters. The van der Waals surface area contributed by atoms with Crippen LogP contribution in [0.15, 0.2) is 36.4 Å². The lowest BCUT2D eigenvalue weighted by atomic mass is 10.2. The Bertz CT molecular complexity index is 935. The summed E-state index contributed by atoms with van der Waals surface area (Å²) >= 11 is 6.96. The quantitative estimate of drug-likeness (QED) is 0.622. The Morgan fingerprint density at radius 2 is 2.03 bits per heavy atom. The third-order valence-corrected chi connectivity index (χ3v) is 5.76. The molecular formula is C20H22ClN3O6S. The average Bonchev–Trinajstić information content (AvgIpc) is 3.23. The number of methoxy groups -OCH3 is 1. The highest BCUT2D eigenvalue weighted by Gasteiger charge is 2.25. The van der Waals surface area contributed by atoms with Gasteiger partial charge in [-0.05, 0) is 36.4 Å². The van der Waals surface area contributed by atoms with E-state index < -0.39 is 18.2 Å². The zero-order valence-corrected chi connectivity index (χ0v) is 18.4. The predicted molar refractivity (Wildman–Crippen MR) is 117 cm³/mol. The summed E-state index contributed by atoms with van der Waals surface area (Å²) < 4.78 is 15.9. The minimum Gasteiger partial charge on any atom is -0.455 e. The number of halogens is 1. The second-order valence-electron chi connectivity index (χ2n) is 6.56. The van der Waals surface area contributed by atoms with Crippen molar-refractivity contribution in [1.82, 2.24) is 0 Å². The number of esters is 1. The van der Waals surface area contributed by atoms with Gasteiger partial charge in [-0.1, -0.05) is 11.6 Å². The third kappa shape index (κ3) is 5.73. The Morgan fingerprint density at radius 1 is 1.29 bits per heavy atom. The van der Waals surface area contributed by atoms with E-state index in [2.05, 4.69) is 0 Å². The van der Waals surface area contributed by atoms with Crippen LogP contribution >= 0.6 is 22.9 Å². The highest BCUT2D eigenvalue weighted by atomic mass is 35.5. The van der Waals surface area contributed by atoms with E-state index in [-0.39, 0.29) is 25.6 Å². The Labute approximate surface area is 188 Å². The van der Waals surface area contributed by atoms with Crippen molar-refractivity contribution in [3.05, 3.63) is 45.6 Å². The molecule has 0 spiro atoms. The molecule has 2 amide bonds. The van der Waals surface area contributed by atoms with Gasteiger partial charge in [-0.2, -0.15) is 0 Å². The molecule has 31 heavy (non-hydrogen) atoms. The second-order valence-corrected chi connectivity index (χ2v) is 8.28. The number of nitrogens with two attached hydrogens (primary N) is 1. The molecule has 1 fully saturated rings. The van der Waals surface area contributed by atoms with Crippen molar-refractivity contribution in [2.75, 3.05) is 49.8 Å². The van der Waals surface area contributed by atoms with Gasteiger partial charge in [0.1, 0.15) is 17.6 Å². The zero-order chi connectivity index (χ0) is 22.4. The molecule has 0 aliphatic carbocycles. The monoisotopic (exact) mass is 467 g/mol. The maximum atomic E-state index is 12.4. The zero-order valence-electron chi connectivity index (χ0n) is 16.8. The molecule has 1 aliphatic heterocycles. The number of ether oxygens (including phenoxy) is 3. The number of hydrogen-bond acceptors (Lipinski definition) is 8. The number of nitrogens with zero attached hydrogens (tertiary/aromatic N) is 2. The normalized spacial score (nSPS) is 14.8. The minimum atomic E-state index is -0.770. The smallest absolute Gasteiger partial charge is 0.414 e. The van der Waals surface area contributed by atoms with E-state index in [1.807, 2.05) is 0 Å². The first-order valence-electron chi connectivity index (χ1n) is 9.43. The van der Waals surface area contributed by atoms with Crippen LogP contribution in [-0.4, -0.2) is 64.0 Å². The lowest BCUT2D eigenvalue weighted by Crippen LogP contribution is -2.43. The van der Waals surface area contributed by atoms with E-state index in [1.165, 1.54) is 12.0 Å². The molecule has 2 N–H and O–H groups in total. The van der Waals surface area contributed by atoms with Gasteiger partial charge in [0.05, 0.1) is 24.6 Å². The maximum absolute atomic E-state index is 12.4. The number of amides is 2. The van der Waals surface area contributed by atoms with Gasteiger partial charge in [-0.25, -0.2) is 9.59 Å². The molecule has 0 radical (unpaired) electrons. The molecule has 1 aromatic heterocycles. The van der Waals surface area contributed by atoms with E-state index in [9.17, 15) is 14.4 Å². The van der Waals surface area contributed by atoms with Crippen LogP contribution in [0.2, 0.25) is 4.34 Å². The fourth-order valence-electron chi connectivity index (χ4n) is 3.00. The molecule has 3 rings (SSSR count). The first kappa shape index (κ1) is 23.0. The van der Waals surface area contributed by atoms with Crippen molar-refractivity contribution in [1.29, 1.82) is 0 Å². The van der Waals surface area contributed by atoms with Gasteiger partial charge in [0.2, 0.25) is 0 Å². The highest BCUT2D eigenvalue weighted by molar-refractivity contribution is 7.17. The Morgan fingerprint density at radius 3 is 2.61 bits per heavy atom. The molecule has 166 valence electrons. The molecule has 11 heteroatoms. The van der Waals surface area contributed by atoms with E-state index in [1.54, 1.807) is 41.3 Å². The Hall–Kier alpha value is -2.66. The first-order chi connectivity index (χ1) is 14.9.